The first-order valence-corrected chi connectivity index (χ1v) is 4.83. The Morgan fingerprint density at radius 2 is 1.64 bits per heavy atom. The zero-order valence-electron chi connectivity index (χ0n) is 8.48. The van der Waals surface area contributed by atoms with Crippen molar-refractivity contribution in [2.75, 3.05) is 13.1 Å². The molecule has 0 amide bonds. The molecule has 0 aliphatic carbocycles. The van der Waals surface area contributed by atoms with Gasteiger partial charge in [-0.1, -0.05) is 27.7 Å². The van der Waals surface area contributed by atoms with E-state index in [-0.39, 0.29) is 0 Å². The monoisotopic (exact) mass is 157 g/mol. The highest BCUT2D eigenvalue weighted by Gasteiger charge is 1.94. The first-order valence-electron chi connectivity index (χ1n) is 4.83. The molecule has 0 fully saturated rings. The number of hydrogen-bond acceptors (Lipinski definition) is 1. The van der Waals surface area contributed by atoms with Gasteiger partial charge in [0.25, 0.3) is 0 Å². The maximum atomic E-state index is 3.44. The third-order valence-electron chi connectivity index (χ3n) is 1.69. The van der Waals surface area contributed by atoms with E-state index >= 15 is 0 Å². The topological polar surface area (TPSA) is 12.0 Å². The summed E-state index contributed by atoms with van der Waals surface area (Å²) in [6.07, 6.45) is 2.68. The summed E-state index contributed by atoms with van der Waals surface area (Å²) < 4.78 is 0. The lowest BCUT2D eigenvalue weighted by molar-refractivity contribution is 0.498. The molecule has 1 nitrogen and oxygen atoms in total. The highest BCUT2D eigenvalue weighted by Crippen LogP contribution is 2.01. The molecule has 0 radical (unpaired) electrons. The summed E-state index contributed by atoms with van der Waals surface area (Å²) in [5.74, 6) is 1.64. The van der Waals surface area contributed by atoms with Crippen molar-refractivity contribution in [3.8, 4) is 0 Å². The zero-order chi connectivity index (χ0) is 8.69. The second kappa shape index (κ2) is 6.66. The van der Waals surface area contributed by atoms with Gasteiger partial charge in [0.05, 0.1) is 0 Å². The average molecular weight is 157 g/mol. The lowest BCUT2D eigenvalue weighted by Crippen LogP contribution is -2.20. The molecule has 0 aromatic rings. The molecule has 68 valence electrons. The zero-order valence-corrected chi connectivity index (χ0v) is 8.48. The van der Waals surface area contributed by atoms with Crippen molar-refractivity contribution in [2.45, 2.75) is 40.5 Å². The Morgan fingerprint density at radius 3 is 2.09 bits per heavy atom. The van der Waals surface area contributed by atoms with E-state index in [9.17, 15) is 0 Å². The fourth-order valence-electron chi connectivity index (χ4n) is 1.03. The Morgan fingerprint density at radius 1 is 1.00 bits per heavy atom. The van der Waals surface area contributed by atoms with Gasteiger partial charge in [-0.25, -0.2) is 0 Å². The van der Waals surface area contributed by atoms with Crippen molar-refractivity contribution in [1.29, 1.82) is 0 Å². The molecule has 0 rings (SSSR count). The largest absolute Gasteiger partial charge is 0.316 e. The molecule has 0 saturated carbocycles. The van der Waals surface area contributed by atoms with Crippen LogP contribution in [0.2, 0.25) is 0 Å². The second-order valence-corrected chi connectivity index (χ2v) is 4.13. The molecular formula is C10H23N. The molecule has 0 aromatic heterocycles. The van der Waals surface area contributed by atoms with Gasteiger partial charge in [0.2, 0.25) is 0 Å². The Bertz CT molecular complexity index is 66.9. The predicted molar refractivity (Wildman–Crippen MR) is 51.8 cm³/mol. The maximum absolute atomic E-state index is 3.44. The first-order chi connectivity index (χ1) is 5.13. The molecule has 0 aliphatic heterocycles. The van der Waals surface area contributed by atoms with E-state index in [0.29, 0.717) is 0 Å². The molecule has 1 heteroatoms. The molecule has 1 N–H and O–H groups in total. The molecule has 0 unspecified atom stereocenters. The molecule has 0 bridgehead atoms. The van der Waals surface area contributed by atoms with Gasteiger partial charge in [0.15, 0.2) is 0 Å². The van der Waals surface area contributed by atoms with Crippen LogP contribution in [-0.2, 0) is 0 Å². The van der Waals surface area contributed by atoms with Crippen LogP contribution in [0.4, 0.5) is 0 Å². The minimum absolute atomic E-state index is 0.786. The van der Waals surface area contributed by atoms with Crippen molar-refractivity contribution in [3.05, 3.63) is 0 Å². The van der Waals surface area contributed by atoms with Crippen LogP contribution in [0, 0.1) is 11.8 Å². The van der Waals surface area contributed by atoms with E-state index in [1.165, 1.54) is 19.4 Å². The van der Waals surface area contributed by atoms with Crippen molar-refractivity contribution >= 4 is 0 Å². The number of nitrogens with one attached hydrogen (secondary N) is 1. The SMILES string of the molecule is CC(C)CCCNCC(C)C. The van der Waals surface area contributed by atoms with Crippen LogP contribution >= 0.6 is 0 Å². The van der Waals surface area contributed by atoms with Crippen molar-refractivity contribution in [2.24, 2.45) is 11.8 Å². The second-order valence-electron chi connectivity index (χ2n) is 4.13. The molecule has 0 aliphatic rings. The lowest BCUT2D eigenvalue weighted by atomic mass is 10.1. The van der Waals surface area contributed by atoms with E-state index in [0.717, 1.165) is 18.4 Å². The fourth-order valence-corrected chi connectivity index (χ4v) is 1.03. The van der Waals surface area contributed by atoms with Crippen LogP contribution < -0.4 is 5.32 Å². The standard InChI is InChI=1S/C10H23N/c1-9(2)6-5-7-11-8-10(3)4/h9-11H,5-8H2,1-4H3. The van der Waals surface area contributed by atoms with Crippen LogP contribution in [-0.4, -0.2) is 13.1 Å². The van der Waals surface area contributed by atoms with Gasteiger partial charge in [-0.05, 0) is 37.8 Å². The first kappa shape index (κ1) is 11.0. The van der Waals surface area contributed by atoms with Crippen LogP contribution in [0.25, 0.3) is 0 Å². The summed E-state index contributed by atoms with van der Waals surface area (Å²) in [4.78, 5) is 0. The summed E-state index contributed by atoms with van der Waals surface area (Å²) in [6.45, 7) is 11.4. The predicted octanol–water partition coefficient (Wildman–Crippen LogP) is 2.67. The maximum Gasteiger partial charge on any atom is -0.00258 e. The minimum Gasteiger partial charge on any atom is -0.316 e. The Labute approximate surface area is 71.6 Å². The number of hydrogen-bond donors (Lipinski definition) is 1. The normalized spacial score (nSPS) is 11.5. The summed E-state index contributed by atoms with van der Waals surface area (Å²) in [5, 5.41) is 3.44. The quantitative estimate of drug-likeness (QED) is 0.584. The van der Waals surface area contributed by atoms with Gasteiger partial charge in [-0.2, -0.15) is 0 Å². The van der Waals surface area contributed by atoms with Crippen LogP contribution in [0.15, 0.2) is 0 Å². The number of rotatable bonds is 6. The van der Waals surface area contributed by atoms with Crippen molar-refractivity contribution < 1.29 is 0 Å². The Hall–Kier alpha value is -0.0400. The Kier molecular flexibility index (Phi) is 6.63. The average Bonchev–Trinajstić information content (AvgIpc) is 1.85. The molecule has 11 heavy (non-hydrogen) atoms. The van der Waals surface area contributed by atoms with Gasteiger partial charge in [0.1, 0.15) is 0 Å². The smallest absolute Gasteiger partial charge is 0.00258 e. The van der Waals surface area contributed by atoms with E-state index in [1.54, 1.807) is 0 Å². The van der Waals surface area contributed by atoms with Gasteiger partial charge in [-0.15, -0.1) is 0 Å². The van der Waals surface area contributed by atoms with E-state index < -0.39 is 0 Å². The van der Waals surface area contributed by atoms with Gasteiger partial charge < -0.3 is 5.32 Å². The van der Waals surface area contributed by atoms with Gasteiger partial charge in [0, 0.05) is 0 Å². The summed E-state index contributed by atoms with van der Waals surface area (Å²) in [5.41, 5.74) is 0. The molecule has 0 spiro atoms. The molecule has 0 saturated heterocycles. The van der Waals surface area contributed by atoms with Crippen LogP contribution in [0.1, 0.15) is 40.5 Å². The fraction of sp³-hybridized carbons (Fsp3) is 1.00. The summed E-state index contributed by atoms with van der Waals surface area (Å²) in [7, 11) is 0. The highest BCUT2D eigenvalue weighted by molar-refractivity contribution is 4.52. The summed E-state index contributed by atoms with van der Waals surface area (Å²) >= 11 is 0. The van der Waals surface area contributed by atoms with E-state index in [4.69, 9.17) is 0 Å². The van der Waals surface area contributed by atoms with E-state index in [1.807, 2.05) is 0 Å². The lowest BCUT2D eigenvalue weighted by Gasteiger charge is -2.07. The molecule has 0 heterocycles. The van der Waals surface area contributed by atoms with Crippen LogP contribution in [0.5, 0.6) is 0 Å². The van der Waals surface area contributed by atoms with E-state index in [2.05, 4.69) is 33.0 Å². The molecule has 0 aromatic carbocycles. The summed E-state index contributed by atoms with van der Waals surface area (Å²) in [6, 6.07) is 0. The molecule has 0 atom stereocenters. The third-order valence-corrected chi connectivity index (χ3v) is 1.69. The highest BCUT2D eigenvalue weighted by atomic mass is 14.8. The minimum atomic E-state index is 0.786. The Balaban J connectivity index is 2.91. The third kappa shape index (κ3) is 9.96. The van der Waals surface area contributed by atoms with Crippen molar-refractivity contribution in [3.63, 3.8) is 0 Å². The van der Waals surface area contributed by atoms with Gasteiger partial charge in [-0.3, -0.25) is 0 Å². The van der Waals surface area contributed by atoms with Crippen LogP contribution in [0.3, 0.4) is 0 Å². The van der Waals surface area contributed by atoms with Crippen molar-refractivity contribution in [1.82, 2.24) is 5.32 Å². The van der Waals surface area contributed by atoms with Gasteiger partial charge >= 0.3 is 0 Å². The molecular weight excluding hydrogens is 134 g/mol.